The number of benzene rings is 1. The van der Waals surface area contributed by atoms with Crippen molar-refractivity contribution < 1.29 is 9.53 Å². The number of fused-ring (bicyclic) bond motifs is 2. The Balaban J connectivity index is 1.67. The number of ether oxygens (including phenoxy) is 1. The van der Waals surface area contributed by atoms with Crippen molar-refractivity contribution in [3.05, 3.63) is 29.8 Å². The summed E-state index contributed by atoms with van der Waals surface area (Å²) >= 11 is 0. The molecule has 3 rings (SSSR count). The predicted octanol–water partition coefficient (Wildman–Crippen LogP) is 4.93. The molecule has 3 atom stereocenters. The fourth-order valence-electron chi connectivity index (χ4n) is 4.32. The topological polar surface area (TPSA) is 26.3 Å². The van der Waals surface area contributed by atoms with Crippen molar-refractivity contribution in [2.45, 2.75) is 58.3 Å². The van der Waals surface area contributed by atoms with Crippen LogP contribution in [0.3, 0.4) is 0 Å². The normalized spacial score (nSPS) is 27.3. The van der Waals surface area contributed by atoms with E-state index in [4.69, 9.17) is 4.74 Å². The first kappa shape index (κ1) is 14.6. The predicted molar refractivity (Wildman–Crippen MR) is 84.3 cm³/mol. The van der Waals surface area contributed by atoms with E-state index in [9.17, 15) is 4.79 Å². The van der Waals surface area contributed by atoms with Gasteiger partial charge in [0.1, 0.15) is 5.75 Å². The van der Waals surface area contributed by atoms with E-state index >= 15 is 0 Å². The molecule has 0 radical (unpaired) electrons. The summed E-state index contributed by atoms with van der Waals surface area (Å²) in [6.45, 7) is 4.42. The average Bonchev–Trinajstić information content (AvgIpc) is 3.12. The summed E-state index contributed by atoms with van der Waals surface area (Å²) < 4.78 is 5.69. The van der Waals surface area contributed by atoms with Gasteiger partial charge in [0.2, 0.25) is 0 Å². The molecule has 0 aromatic heterocycles. The van der Waals surface area contributed by atoms with Crippen LogP contribution in [0.1, 0.15) is 63.9 Å². The van der Waals surface area contributed by atoms with Crippen molar-refractivity contribution in [1.29, 1.82) is 0 Å². The minimum absolute atomic E-state index is 0.00361. The molecule has 0 spiro atoms. The third kappa shape index (κ3) is 3.00. The van der Waals surface area contributed by atoms with Crippen LogP contribution in [0, 0.1) is 17.8 Å². The molecule has 0 amide bonds. The Morgan fingerprint density at radius 2 is 2.05 bits per heavy atom. The molecule has 0 aliphatic heterocycles. The van der Waals surface area contributed by atoms with Gasteiger partial charge < -0.3 is 4.74 Å². The lowest BCUT2D eigenvalue weighted by atomic mass is 9.89. The van der Waals surface area contributed by atoms with Crippen LogP contribution in [0.4, 0.5) is 0 Å². The Morgan fingerprint density at radius 1 is 1.24 bits per heavy atom. The highest BCUT2D eigenvalue weighted by Gasteiger charge is 2.44. The van der Waals surface area contributed by atoms with Crippen LogP contribution in [-0.4, -0.2) is 5.97 Å². The van der Waals surface area contributed by atoms with E-state index in [0.717, 1.165) is 30.9 Å². The maximum atomic E-state index is 12.4. The smallest absolute Gasteiger partial charge is 0.314 e. The highest BCUT2D eigenvalue weighted by Crippen LogP contribution is 2.48. The zero-order chi connectivity index (χ0) is 14.8. The highest BCUT2D eigenvalue weighted by molar-refractivity contribution is 5.76. The van der Waals surface area contributed by atoms with Gasteiger partial charge in [0, 0.05) is 0 Å². The molecule has 2 nitrogen and oxygen atoms in total. The lowest BCUT2D eigenvalue weighted by Gasteiger charge is -2.20. The summed E-state index contributed by atoms with van der Waals surface area (Å²) in [5.74, 6) is 2.82. The quantitative estimate of drug-likeness (QED) is 0.566. The molecule has 0 N–H and O–H groups in total. The summed E-state index contributed by atoms with van der Waals surface area (Å²) in [7, 11) is 0. The number of hydrogen-bond acceptors (Lipinski definition) is 2. The Morgan fingerprint density at radius 3 is 2.67 bits per heavy atom. The second kappa shape index (κ2) is 6.21. The molecule has 2 saturated carbocycles. The molecule has 3 unspecified atom stereocenters. The van der Waals surface area contributed by atoms with Gasteiger partial charge in [-0.2, -0.15) is 0 Å². The van der Waals surface area contributed by atoms with E-state index in [-0.39, 0.29) is 11.9 Å². The second-order valence-electron chi connectivity index (χ2n) is 6.79. The minimum atomic E-state index is 0.00361. The molecule has 2 heteroatoms. The molecular weight excluding hydrogens is 260 g/mol. The van der Waals surface area contributed by atoms with Crippen molar-refractivity contribution in [1.82, 2.24) is 0 Å². The highest BCUT2D eigenvalue weighted by atomic mass is 16.5. The number of rotatable bonds is 5. The Kier molecular flexibility index (Phi) is 4.32. The molecule has 2 aliphatic carbocycles. The van der Waals surface area contributed by atoms with Crippen LogP contribution in [0.2, 0.25) is 0 Å². The summed E-state index contributed by atoms with van der Waals surface area (Å²) in [5.41, 5.74) is 1.29. The van der Waals surface area contributed by atoms with Gasteiger partial charge in [-0.25, -0.2) is 0 Å². The fourth-order valence-corrected chi connectivity index (χ4v) is 4.32. The van der Waals surface area contributed by atoms with Gasteiger partial charge in [0.15, 0.2) is 0 Å². The first-order valence-electron chi connectivity index (χ1n) is 8.52. The minimum Gasteiger partial charge on any atom is -0.426 e. The molecule has 0 saturated heterocycles. The van der Waals surface area contributed by atoms with Gasteiger partial charge in [-0.3, -0.25) is 4.79 Å². The Hall–Kier alpha value is -1.31. The van der Waals surface area contributed by atoms with E-state index in [2.05, 4.69) is 26.0 Å². The molecular formula is C19H26O2. The molecule has 2 fully saturated rings. The van der Waals surface area contributed by atoms with Gasteiger partial charge in [-0.15, -0.1) is 0 Å². The van der Waals surface area contributed by atoms with E-state index in [1.165, 1.54) is 24.8 Å². The largest absolute Gasteiger partial charge is 0.426 e. The summed E-state index contributed by atoms with van der Waals surface area (Å²) in [4.78, 5) is 12.4. The van der Waals surface area contributed by atoms with E-state index < -0.39 is 0 Å². The summed E-state index contributed by atoms with van der Waals surface area (Å²) in [6.07, 6.45) is 7.08. The third-order valence-electron chi connectivity index (χ3n) is 5.57. The summed E-state index contributed by atoms with van der Waals surface area (Å²) in [5, 5.41) is 0. The fraction of sp³-hybridized carbons (Fsp3) is 0.632. The second-order valence-corrected chi connectivity index (χ2v) is 6.79. The van der Waals surface area contributed by atoms with E-state index in [0.29, 0.717) is 11.8 Å². The van der Waals surface area contributed by atoms with Gasteiger partial charge in [0.25, 0.3) is 0 Å². The van der Waals surface area contributed by atoms with Gasteiger partial charge in [-0.1, -0.05) is 32.4 Å². The lowest BCUT2D eigenvalue weighted by Crippen LogP contribution is -2.25. The lowest BCUT2D eigenvalue weighted by molar-refractivity contribution is -0.140. The van der Waals surface area contributed by atoms with Gasteiger partial charge in [0.05, 0.1) is 5.92 Å². The van der Waals surface area contributed by atoms with Crippen LogP contribution < -0.4 is 4.74 Å². The zero-order valence-electron chi connectivity index (χ0n) is 13.2. The van der Waals surface area contributed by atoms with Gasteiger partial charge >= 0.3 is 5.97 Å². The van der Waals surface area contributed by atoms with Crippen molar-refractivity contribution in [3.63, 3.8) is 0 Å². The first-order valence-corrected chi connectivity index (χ1v) is 8.52. The summed E-state index contributed by atoms with van der Waals surface area (Å²) in [6, 6.07) is 8.13. The molecule has 2 bridgehead atoms. The van der Waals surface area contributed by atoms with Gasteiger partial charge in [-0.05, 0) is 67.6 Å². The molecule has 1 aromatic rings. The first-order chi connectivity index (χ1) is 10.2. The van der Waals surface area contributed by atoms with Crippen LogP contribution >= 0.6 is 0 Å². The maximum Gasteiger partial charge on any atom is 0.314 e. The monoisotopic (exact) mass is 286 g/mol. The van der Waals surface area contributed by atoms with Crippen molar-refractivity contribution in [2.75, 3.05) is 0 Å². The Bertz CT molecular complexity index is 504. The third-order valence-corrected chi connectivity index (χ3v) is 5.57. The number of hydrogen-bond donors (Lipinski definition) is 0. The van der Waals surface area contributed by atoms with Crippen molar-refractivity contribution in [3.8, 4) is 5.75 Å². The molecule has 21 heavy (non-hydrogen) atoms. The maximum absolute atomic E-state index is 12.4. The van der Waals surface area contributed by atoms with Crippen LogP contribution in [0.25, 0.3) is 0 Å². The van der Waals surface area contributed by atoms with Crippen LogP contribution in [-0.2, 0) is 4.79 Å². The number of esters is 1. The van der Waals surface area contributed by atoms with E-state index in [1.54, 1.807) is 0 Å². The number of carbonyl (C=O) groups excluding carboxylic acids is 1. The van der Waals surface area contributed by atoms with E-state index in [1.807, 2.05) is 12.1 Å². The molecule has 114 valence electrons. The molecule has 0 heterocycles. The van der Waals surface area contributed by atoms with Crippen LogP contribution in [0.5, 0.6) is 5.75 Å². The zero-order valence-corrected chi connectivity index (χ0v) is 13.2. The Labute approximate surface area is 127 Å². The standard InChI is InChI=1S/C19H26O2/c1-3-14(4-2)15-6-5-7-17(12-15)21-19(20)18-11-13-8-9-16(18)10-13/h5-7,12-14,16,18H,3-4,8-11H2,1-2H3. The van der Waals surface area contributed by atoms with Crippen molar-refractivity contribution >= 4 is 5.97 Å². The average molecular weight is 286 g/mol. The SMILES string of the molecule is CCC(CC)c1cccc(OC(=O)C2CC3CCC2C3)c1. The van der Waals surface area contributed by atoms with Crippen LogP contribution in [0.15, 0.2) is 24.3 Å². The molecule has 2 aliphatic rings. The number of carbonyl (C=O) groups is 1. The molecule has 1 aromatic carbocycles. The van der Waals surface area contributed by atoms with Crippen molar-refractivity contribution in [2.24, 2.45) is 17.8 Å².